The molecule has 0 amide bonds. The van der Waals surface area contributed by atoms with Gasteiger partial charge in [0, 0.05) is 19.3 Å². The molecule has 2 atom stereocenters. The molecule has 3 nitrogen and oxygen atoms in total. The van der Waals surface area contributed by atoms with Crippen molar-refractivity contribution in [2.45, 2.75) is 31.5 Å². The first kappa shape index (κ1) is 15.3. The van der Waals surface area contributed by atoms with Gasteiger partial charge in [0.1, 0.15) is 0 Å². The second-order valence-corrected chi connectivity index (χ2v) is 5.23. The minimum atomic E-state index is -4.29. The lowest BCUT2D eigenvalue weighted by Crippen LogP contribution is -2.38. The van der Waals surface area contributed by atoms with E-state index >= 15 is 0 Å². The summed E-state index contributed by atoms with van der Waals surface area (Å²) in [6.07, 6.45) is -1.78. The molecule has 0 radical (unpaired) electrons. The maximum absolute atomic E-state index is 12.5. The van der Waals surface area contributed by atoms with E-state index in [1.807, 2.05) is 0 Å². The van der Waals surface area contributed by atoms with E-state index in [1.54, 1.807) is 0 Å². The van der Waals surface area contributed by atoms with Gasteiger partial charge in [-0.1, -0.05) is 12.1 Å². The number of hydrogen-bond acceptors (Lipinski definition) is 3. The van der Waals surface area contributed by atoms with Crippen LogP contribution in [0.5, 0.6) is 0 Å². The van der Waals surface area contributed by atoms with Gasteiger partial charge < -0.3 is 4.74 Å². The molecule has 2 unspecified atom stereocenters. The topological polar surface area (TPSA) is 47.3 Å². The van der Waals surface area contributed by atoms with Crippen LogP contribution in [0.1, 0.15) is 24.0 Å². The second kappa shape index (κ2) is 6.56. The number of nitrogens with two attached hydrogens (primary N) is 1. The standard InChI is InChI=1S/C14H19F3N2O/c15-14(16,17)12-3-1-10(2-4-12)7-13(19-18)8-11-5-6-20-9-11/h1-4,11,13,19H,5-9,18H2. The number of halogens is 3. The van der Waals surface area contributed by atoms with Gasteiger partial charge in [-0.3, -0.25) is 11.3 Å². The zero-order valence-electron chi connectivity index (χ0n) is 11.1. The van der Waals surface area contributed by atoms with E-state index in [0.717, 1.165) is 43.8 Å². The van der Waals surface area contributed by atoms with Gasteiger partial charge in [0.15, 0.2) is 0 Å². The van der Waals surface area contributed by atoms with Crippen molar-refractivity contribution < 1.29 is 17.9 Å². The number of benzene rings is 1. The Bertz CT molecular complexity index is 413. The second-order valence-electron chi connectivity index (χ2n) is 5.23. The number of rotatable bonds is 5. The van der Waals surface area contributed by atoms with Gasteiger partial charge in [-0.05, 0) is 42.9 Å². The Kier molecular flexibility index (Phi) is 5.01. The summed E-state index contributed by atoms with van der Waals surface area (Å²) in [7, 11) is 0. The fourth-order valence-corrected chi connectivity index (χ4v) is 2.50. The molecule has 1 aromatic rings. The summed E-state index contributed by atoms with van der Waals surface area (Å²) < 4.78 is 42.7. The lowest BCUT2D eigenvalue weighted by molar-refractivity contribution is -0.137. The Morgan fingerprint density at radius 3 is 2.50 bits per heavy atom. The molecule has 3 N–H and O–H groups in total. The van der Waals surface area contributed by atoms with Crippen LogP contribution in [0.15, 0.2) is 24.3 Å². The Morgan fingerprint density at radius 2 is 2.00 bits per heavy atom. The molecule has 0 aromatic heterocycles. The smallest absolute Gasteiger partial charge is 0.381 e. The molecular weight excluding hydrogens is 269 g/mol. The third-order valence-corrected chi connectivity index (χ3v) is 3.64. The highest BCUT2D eigenvalue weighted by atomic mass is 19.4. The third-order valence-electron chi connectivity index (χ3n) is 3.64. The molecule has 1 aromatic carbocycles. The molecule has 1 fully saturated rings. The van der Waals surface area contributed by atoms with Crippen LogP contribution in [0.25, 0.3) is 0 Å². The molecule has 1 saturated heterocycles. The van der Waals surface area contributed by atoms with Crippen molar-refractivity contribution in [2.75, 3.05) is 13.2 Å². The number of ether oxygens (including phenoxy) is 1. The van der Waals surface area contributed by atoms with Crippen molar-refractivity contribution in [1.29, 1.82) is 0 Å². The third kappa shape index (κ3) is 4.19. The Balaban J connectivity index is 1.93. The fourth-order valence-electron chi connectivity index (χ4n) is 2.50. The molecule has 0 saturated carbocycles. The largest absolute Gasteiger partial charge is 0.416 e. The summed E-state index contributed by atoms with van der Waals surface area (Å²) in [5, 5.41) is 0. The van der Waals surface area contributed by atoms with E-state index < -0.39 is 11.7 Å². The van der Waals surface area contributed by atoms with Gasteiger partial charge in [0.2, 0.25) is 0 Å². The highest BCUT2D eigenvalue weighted by Gasteiger charge is 2.30. The van der Waals surface area contributed by atoms with Crippen LogP contribution in [0.3, 0.4) is 0 Å². The average Bonchev–Trinajstić information content (AvgIpc) is 2.90. The average molecular weight is 288 g/mol. The molecule has 112 valence electrons. The number of nitrogens with one attached hydrogen (secondary N) is 1. The van der Waals surface area contributed by atoms with E-state index in [2.05, 4.69) is 5.43 Å². The molecule has 2 rings (SSSR count). The van der Waals surface area contributed by atoms with Crippen LogP contribution in [-0.2, 0) is 17.3 Å². The van der Waals surface area contributed by atoms with Gasteiger partial charge in [0.05, 0.1) is 5.56 Å². The van der Waals surface area contributed by atoms with E-state index in [-0.39, 0.29) is 6.04 Å². The predicted molar refractivity (Wildman–Crippen MR) is 69.8 cm³/mol. The Labute approximate surface area is 116 Å². The molecule has 0 bridgehead atoms. The highest BCUT2D eigenvalue weighted by molar-refractivity contribution is 5.25. The number of hydrazine groups is 1. The zero-order valence-corrected chi connectivity index (χ0v) is 11.1. The number of alkyl halides is 3. The van der Waals surface area contributed by atoms with Crippen molar-refractivity contribution in [3.63, 3.8) is 0 Å². The SMILES string of the molecule is NNC(Cc1ccc(C(F)(F)F)cc1)CC1CCOC1. The Morgan fingerprint density at radius 1 is 1.30 bits per heavy atom. The first-order valence-corrected chi connectivity index (χ1v) is 6.69. The molecule has 1 aliphatic rings. The summed E-state index contributed by atoms with van der Waals surface area (Å²) in [6, 6.07) is 5.30. The molecule has 0 spiro atoms. The maximum atomic E-state index is 12.5. The van der Waals surface area contributed by atoms with E-state index in [1.165, 1.54) is 12.1 Å². The maximum Gasteiger partial charge on any atom is 0.416 e. The van der Waals surface area contributed by atoms with Crippen molar-refractivity contribution in [2.24, 2.45) is 11.8 Å². The van der Waals surface area contributed by atoms with Crippen LogP contribution in [-0.4, -0.2) is 19.3 Å². The van der Waals surface area contributed by atoms with Gasteiger partial charge in [0.25, 0.3) is 0 Å². The Hall–Kier alpha value is -1.11. The van der Waals surface area contributed by atoms with Crippen molar-refractivity contribution in [3.8, 4) is 0 Å². The predicted octanol–water partition coefficient (Wildman–Crippen LogP) is 2.51. The van der Waals surface area contributed by atoms with E-state index in [9.17, 15) is 13.2 Å². The summed E-state index contributed by atoms with van der Waals surface area (Å²) in [5.41, 5.74) is 2.97. The van der Waals surface area contributed by atoms with Gasteiger partial charge >= 0.3 is 6.18 Å². The first-order valence-electron chi connectivity index (χ1n) is 6.69. The van der Waals surface area contributed by atoms with Gasteiger partial charge in [-0.15, -0.1) is 0 Å². The van der Waals surface area contributed by atoms with E-state index in [4.69, 9.17) is 10.6 Å². The van der Waals surface area contributed by atoms with Crippen LogP contribution in [0.2, 0.25) is 0 Å². The molecule has 1 heterocycles. The molecular formula is C14H19F3N2O. The van der Waals surface area contributed by atoms with Gasteiger partial charge in [-0.2, -0.15) is 13.2 Å². The number of hydrogen-bond donors (Lipinski definition) is 2. The van der Waals surface area contributed by atoms with E-state index in [0.29, 0.717) is 12.3 Å². The molecule has 0 aliphatic carbocycles. The summed E-state index contributed by atoms with van der Waals surface area (Å²) in [6.45, 7) is 1.52. The van der Waals surface area contributed by atoms with Crippen molar-refractivity contribution in [3.05, 3.63) is 35.4 Å². The molecule has 20 heavy (non-hydrogen) atoms. The normalized spacial score (nSPS) is 21.1. The van der Waals surface area contributed by atoms with Crippen LogP contribution in [0.4, 0.5) is 13.2 Å². The summed E-state index contributed by atoms with van der Waals surface area (Å²) in [4.78, 5) is 0. The fraction of sp³-hybridized carbons (Fsp3) is 0.571. The summed E-state index contributed by atoms with van der Waals surface area (Å²) >= 11 is 0. The first-order chi connectivity index (χ1) is 9.49. The zero-order chi connectivity index (χ0) is 14.6. The molecule has 1 aliphatic heterocycles. The minimum Gasteiger partial charge on any atom is -0.381 e. The minimum absolute atomic E-state index is 0.0541. The van der Waals surface area contributed by atoms with Crippen LogP contribution < -0.4 is 11.3 Å². The molecule has 6 heteroatoms. The quantitative estimate of drug-likeness (QED) is 0.646. The van der Waals surface area contributed by atoms with Crippen LogP contribution in [0, 0.1) is 5.92 Å². The highest BCUT2D eigenvalue weighted by Crippen LogP contribution is 2.29. The monoisotopic (exact) mass is 288 g/mol. The van der Waals surface area contributed by atoms with Crippen molar-refractivity contribution in [1.82, 2.24) is 5.43 Å². The lowest BCUT2D eigenvalue weighted by atomic mass is 9.94. The lowest BCUT2D eigenvalue weighted by Gasteiger charge is -2.19. The van der Waals surface area contributed by atoms with Gasteiger partial charge in [-0.25, -0.2) is 0 Å². The summed E-state index contributed by atoms with van der Waals surface area (Å²) in [5.74, 6) is 6.00. The van der Waals surface area contributed by atoms with Crippen LogP contribution >= 0.6 is 0 Å². The van der Waals surface area contributed by atoms with Crippen molar-refractivity contribution >= 4 is 0 Å².